The first-order valence-electron chi connectivity index (χ1n) is 12.3. The van der Waals surface area contributed by atoms with Gasteiger partial charge in [-0.15, -0.1) is 0 Å². The number of piperazine rings is 1. The standard InChI is InChI=1S/C26H30N8O/c1-17(33-9-11-34(12-10-33)25(35)18-3-4-18)19-7-8-27-24(14-19)31-26-29-22-6-5-20(13-23(22)30-26)21-15-28-32(2)16-21/h5-8,13-18H,3-4,9-12H2,1-2H3,(H2,27,29,30,31). The summed E-state index contributed by atoms with van der Waals surface area (Å²) in [5, 5.41) is 7.59. The summed E-state index contributed by atoms with van der Waals surface area (Å²) < 4.78 is 1.80. The Hall–Kier alpha value is -3.72. The molecule has 1 aromatic carbocycles. The third-order valence-corrected chi connectivity index (χ3v) is 7.13. The lowest BCUT2D eigenvalue weighted by atomic mass is 10.1. The molecule has 1 unspecified atom stereocenters. The number of hydrogen-bond donors (Lipinski definition) is 2. The molecule has 1 aliphatic heterocycles. The second-order valence-corrected chi connectivity index (χ2v) is 9.63. The largest absolute Gasteiger partial charge is 0.340 e. The SMILES string of the molecule is CC(c1ccnc(Nc2nc3ccc(-c4cnn(C)c4)cc3[nH]2)c1)N1CCN(C(=O)C2CC2)CC1. The van der Waals surface area contributed by atoms with Crippen LogP contribution < -0.4 is 5.32 Å². The third-order valence-electron chi connectivity index (χ3n) is 7.13. The molecular formula is C26H30N8O. The summed E-state index contributed by atoms with van der Waals surface area (Å²) in [4.78, 5) is 29.4. The molecule has 2 fully saturated rings. The van der Waals surface area contributed by atoms with Gasteiger partial charge in [0.05, 0.1) is 17.2 Å². The fourth-order valence-corrected chi connectivity index (χ4v) is 4.84. The summed E-state index contributed by atoms with van der Waals surface area (Å²) in [5.74, 6) is 2.07. The Labute approximate surface area is 204 Å². The predicted octanol–water partition coefficient (Wildman–Crippen LogP) is 3.72. The van der Waals surface area contributed by atoms with Crippen LogP contribution in [-0.4, -0.2) is 66.6 Å². The van der Waals surface area contributed by atoms with Crippen molar-refractivity contribution in [2.45, 2.75) is 25.8 Å². The second-order valence-electron chi connectivity index (χ2n) is 9.63. The highest BCUT2D eigenvalue weighted by Crippen LogP contribution is 2.32. The number of fused-ring (bicyclic) bond motifs is 1. The minimum absolute atomic E-state index is 0.245. The quantitative estimate of drug-likeness (QED) is 0.446. The Kier molecular flexibility index (Phi) is 5.49. The number of anilines is 2. The molecule has 180 valence electrons. The summed E-state index contributed by atoms with van der Waals surface area (Å²) in [6, 6.07) is 10.6. The van der Waals surface area contributed by atoms with Crippen molar-refractivity contribution in [1.82, 2.24) is 34.5 Å². The van der Waals surface area contributed by atoms with Gasteiger partial charge in [0.2, 0.25) is 11.9 Å². The monoisotopic (exact) mass is 470 g/mol. The Morgan fingerprint density at radius 1 is 1.11 bits per heavy atom. The van der Waals surface area contributed by atoms with E-state index in [9.17, 15) is 4.79 Å². The molecule has 9 heteroatoms. The first-order chi connectivity index (χ1) is 17.0. The van der Waals surface area contributed by atoms with Crippen molar-refractivity contribution in [1.29, 1.82) is 0 Å². The Bertz CT molecular complexity index is 1360. The van der Waals surface area contributed by atoms with E-state index in [1.807, 2.05) is 36.6 Å². The van der Waals surface area contributed by atoms with Crippen molar-refractivity contribution in [2.24, 2.45) is 13.0 Å². The molecule has 1 saturated carbocycles. The zero-order chi connectivity index (χ0) is 23.9. The van der Waals surface area contributed by atoms with E-state index in [0.717, 1.165) is 67.0 Å². The molecule has 4 aromatic rings. The number of benzene rings is 1. The number of carbonyl (C=O) groups is 1. The van der Waals surface area contributed by atoms with Crippen molar-refractivity contribution in [3.05, 3.63) is 54.5 Å². The van der Waals surface area contributed by atoms with E-state index in [1.165, 1.54) is 5.56 Å². The van der Waals surface area contributed by atoms with Gasteiger partial charge in [0.25, 0.3) is 0 Å². The van der Waals surface area contributed by atoms with E-state index in [4.69, 9.17) is 0 Å². The number of H-pyrrole nitrogens is 1. The molecule has 4 heterocycles. The highest BCUT2D eigenvalue weighted by Gasteiger charge is 2.35. The molecule has 6 rings (SSSR count). The minimum atomic E-state index is 0.245. The molecule has 1 aliphatic carbocycles. The van der Waals surface area contributed by atoms with Crippen LogP contribution in [0.15, 0.2) is 48.9 Å². The van der Waals surface area contributed by atoms with E-state index in [0.29, 0.717) is 17.8 Å². The number of carbonyl (C=O) groups excluding carboxylic acids is 1. The van der Waals surface area contributed by atoms with E-state index in [1.54, 1.807) is 4.68 Å². The Morgan fingerprint density at radius 2 is 1.94 bits per heavy atom. The molecule has 0 spiro atoms. The maximum Gasteiger partial charge on any atom is 0.225 e. The fourth-order valence-electron chi connectivity index (χ4n) is 4.84. The number of hydrogen-bond acceptors (Lipinski definition) is 6. The smallest absolute Gasteiger partial charge is 0.225 e. The highest BCUT2D eigenvalue weighted by atomic mass is 16.2. The number of aryl methyl sites for hydroxylation is 1. The third kappa shape index (κ3) is 4.51. The maximum atomic E-state index is 12.4. The average Bonchev–Trinajstić information content (AvgIpc) is 3.52. The van der Waals surface area contributed by atoms with Crippen LogP contribution in [0.5, 0.6) is 0 Å². The zero-order valence-electron chi connectivity index (χ0n) is 20.1. The highest BCUT2D eigenvalue weighted by molar-refractivity contribution is 5.83. The summed E-state index contributed by atoms with van der Waals surface area (Å²) in [6.45, 7) is 5.64. The van der Waals surface area contributed by atoms with Gasteiger partial charge in [-0.1, -0.05) is 6.07 Å². The fraction of sp³-hybridized carbons (Fsp3) is 0.385. The van der Waals surface area contributed by atoms with Gasteiger partial charge in [-0.05, 0) is 55.2 Å². The average molecular weight is 471 g/mol. The van der Waals surface area contributed by atoms with E-state index < -0.39 is 0 Å². The molecule has 2 N–H and O–H groups in total. The molecule has 9 nitrogen and oxygen atoms in total. The van der Waals surface area contributed by atoms with Gasteiger partial charge in [-0.3, -0.25) is 14.4 Å². The zero-order valence-corrected chi connectivity index (χ0v) is 20.1. The molecule has 1 amide bonds. The molecule has 1 atom stereocenters. The van der Waals surface area contributed by atoms with Crippen molar-refractivity contribution in [2.75, 3.05) is 31.5 Å². The van der Waals surface area contributed by atoms with Gasteiger partial charge in [0.15, 0.2) is 0 Å². The van der Waals surface area contributed by atoms with Gasteiger partial charge in [-0.25, -0.2) is 9.97 Å². The molecule has 35 heavy (non-hydrogen) atoms. The Morgan fingerprint density at radius 3 is 2.69 bits per heavy atom. The lowest BCUT2D eigenvalue weighted by molar-refractivity contribution is -0.134. The summed E-state index contributed by atoms with van der Waals surface area (Å²) in [7, 11) is 1.91. The van der Waals surface area contributed by atoms with Gasteiger partial charge in [-0.2, -0.15) is 5.10 Å². The molecule has 0 radical (unpaired) electrons. The first-order valence-corrected chi connectivity index (χ1v) is 12.3. The number of nitrogens with one attached hydrogen (secondary N) is 2. The number of aromatic amines is 1. The van der Waals surface area contributed by atoms with Crippen molar-refractivity contribution >= 4 is 28.7 Å². The molecule has 3 aromatic heterocycles. The van der Waals surface area contributed by atoms with Crippen molar-refractivity contribution in [3.63, 3.8) is 0 Å². The number of amides is 1. The van der Waals surface area contributed by atoms with Crippen LogP contribution in [0.1, 0.15) is 31.4 Å². The van der Waals surface area contributed by atoms with Crippen LogP contribution in [0.25, 0.3) is 22.2 Å². The minimum Gasteiger partial charge on any atom is -0.340 e. The van der Waals surface area contributed by atoms with Gasteiger partial charge in [0.1, 0.15) is 5.82 Å². The molecule has 2 aliphatic rings. The normalized spacial score (nSPS) is 17.6. The molecule has 1 saturated heterocycles. The number of pyridine rings is 1. The van der Waals surface area contributed by atoms with Crippen molar-refractivity contribution < 1.29 is 4.79 Å². The van der Waals surface area contributed by atoms with Crippen LogP contribution in [0.4, 0.5) is 11.8 Å². The first kappa shape index (κ1) is 21.8. The van der Waals surface area contributed by atoms with Crippen molar-refractivity contribution in [3.8, 4) is 11.1 Å². The Balaban J connectivity index is 1.14. The van der Waals surface area contributed by atoms with E-state index in [2.05, 4.69) is 61.5 Å². The second kappa shape index (κ2) is 8.81. The van der Waals surface area contributed by atoms with E-state index in [-0.39, 0.29) is 6.04 Å². The molecule has 0 bridgehead atoms. The maximum absolute atomic E-state index is 12.4. The lowest BCUT2D eigenvalue weighted by Gasteiger charge is -2.38. The topological polar surface area (TPSA) is 95.0 Å². The van der Waals surface area contributed by atoms with Crippen LogP contribution in [-0.2, 0) is 11.8 Å². The van der Waals surface area contributed by atoms with Gasteiger partial charge in [0, 0.05) is 63.1 Å². The number of imidazole rings is 1. The van der Waals surface area contributed by atoms with Crippen LogP contribution in [0, 0.1) is 5.92 Å². The van der Waals surface area contributed by atoms with Gasteiger partial charge >= 0.3 is 0 Å². The summed E-state index contributed by atoms with van der Waals surface area (Å²) >= 11 is 0. The summed E-state index contributed by atoms with van der Waals surface area (Å²) in [6.07, 6.45) is 7.83. The van der Waals surface area contributed by atoms with Crippen LogP contribution >= 0.6 is 0 Å². The predicted molar refractivity (Wildman–Crippen MR) is 135 cm³/mol. The number of aromatic nitrogens is 5. The number of nitrogens with zero attached hydrogens (tertiary/aromatic N) is 6. The molecular weight excluding hydrogens is 440 g/mol. The van der Waals surface area contributed by atoms with Crippen LogP contribution in [0.3, 0.4) is 0 Å². The number of rotatable bonds is 6. The van der Waals surface area contributed by atoms with E-state index >= 15 is 0 Å². The van der Waals surface area contributed by atoms with Crippen LogP contribution in [0.2, 0.25) is 0 Å². The summed E-state index contributed by atoms with van der Waals surface area (Å²) in [5.41, 5.74) is 5.20. The van der Waals surface area contributed by atoms with Gasteiger partial charge < -0.3 is 15.2 Å². The lowest BCUT2D eigenvalue weighted by Crippen LogP contribution is -2.49.